The number of nitrogens with one attached hydrogen (secondary N) is 7. The Morgan fingerprint density at radius 1 is 0.865 bits per heavy atom. The van der Waals surface area contributed by atoms with Crippen LogP contribution in [0.25, 0.3) is 10.9 Å². The highest BCUT2D eigenvalue weighted by molar-refractivity contribution is 5.96. The topological polar surface area (TPSA) is 317 Å². The molecule has 1 unspecified atom stereocenters. The van der Waals surface area contributed by atoms with Crippen molar-refractivity contribution in [3.8, 4) is 5.75 Å². The van der Waals surface area contributed by atoms with Gasteiger partial charge in [0.05, 0.1) is 44.5 Å². The predicted molar refractivity (Wildman–Crippen MR) is 359 cm³/mol. The van der Waals surface area contributed by atoms with Crippen molar-refractivity contribution in [3.63, 3.8) is 0 Å². The molecule has 96 heavy (non-hydrogen) atoms. The third-order valence-electron chi connectivity index (χ3n) is 18.5. The molecular weight excluding hydrogens is 1230 g/mol. The summed E-state index contributed by atoms with van der Waals surface area (Å²) < 4.78 is 27.4. The number of amides is 9. The highest BCUT2D eigenvalue weighted by atomic mass is 19.1. The summed E-state index contributed by atoms with van der Waals surface area (Å²) in [6, 6.07) is 22.2. The lowest BCUT2D eigenvalue weighted by Gasteiger charge is -2.36. The number of hydrogen-bond acceptors (Lipinski definition) is 14. The van der Waals surface area contributed by atoms with Gasteiger partial charge in [0.25, 0.3) is 0 Å². The van der Waals surface area contributed by atoms with Gasteiger partial charge in [-0.15, -0.1) is 0 Å². The molecule has 0 saturated carbocycles. The summed E-state index contributed by atoms with van der Waals surface area (Å²) >= 11 is 0. The zero-order valence-electron chi connectivity index (χ0n) is 56.0. The Labute approximate surface area is 560 Å². The van der Waals surface area contributed by atoms with Crippen LogP contribution in [-0.4, -0.2) is 185 Å². The molecule has 5 aromatic rings. The number of unbranched alkanes of at least 4 members (excludes halogenated alkanes) is 3. The maximum absolute atomic E-state index is 14.4. The van der Waals surface area contributed by atoms with Crippen LogP contribution in [0.15, 0.2) is 97.2 Å². The van der Waals surface area contributed by atoms with E-state index in [9.17, 15) is 52.6 Å². The van der Waals surface area contributed by atoms with Crippen LogP contribution in [0.2, 0.25) is 0 Å². The molecule has 10 N–H and O–H groups in total. The summed E-state index contributed by atoms with van der Waals surface area (Å²) in [4.78, 5) is 128. The minimum absolute atomic E-state index is 0.0463. The van der Waals surface area contributed by atoms with Crippen molar-refractivity contribution in [2.75, 3.05) is 59.5 Å². The van der Waals surface area contributed by atoms with Gasteiger partial charge >= 0.3 is 0 Å². The summed E-state index contributed by atoms with van der Waals surface area (Å²) in [7, 11) is 1.54. The van der Waals surface area contributed by atoms with Gasteiger partial charge in [0, 0.05) is 88.7 Å². The number of aromatic nitrogens is 1. The van der Waals surface area contributed by atoms with Crippen molar-refractivity contribution in [1.82, 2.24) is 56.5 Å². The van der Waals surface area contributed by atoms with E-state index in [0.717, 1.165) is 64.5 Å². The van der Waals surface area contributed by atoms with E-state index in [1.54, 1.807) is 79.3 Å². The Hall–Kier alpha value is -8.78. The molecule has 2 fully saturated rings. The van der Waals surface area contributed by atoms with Crippen LogP contribution in [-0.2, 0) is 86.8 Å². The zero-order chi connectivity index (χ0) is 69.1. The van der Waals surface area contributed by atoms with Crippen molar-refractivity contribution in [1.29, 1.82) is 0 Å². The van der Waals surface area contributed by atoms with Gasteiger partial charge in [-0.05, 0) is 137 Å². The minimum Gasteiger partial charge on any atom is -0.497 e. The molecule has 9 amide bonds. The number of rotatable bonds is 28. The molecule has 8 atom stereocenters. The average molecular weight is 1330 g/mol. The van der Waals surface area contributed by atoms with Crippen molar-refractivity contribution in [2.45, 2.75) is 173 Å². The number of likely N-dealkylation sites (tertiary alicyclic amines) is 1. The van der Waals surface area contributed by atoms with Crippen LogP contribution in [0.4, 0.5) is 4.39 Å². The SMILES string of the molecule is COc1ccc(C[C@H](NC(=O)[C@@H](N)[C@@H](C)O)C(=O)N2CCC[C@@]2(C)C(=O)NCCc2cccc(CN(CCCCCCn3cc(C)c4cc(F)ccc43)C(=O)CCN[C@@H](C)C(=O)NCC(=O)N[C@H]3Cc4cccc(c4)CNC(=O)CO[C@H]4CCN(C(=O)CNC3=O)C4C)c2)cc1. The molecule has 0 radical (unpaired) electrons. The van der Waals surface area contributed by atoms with Crippen LogP contribution in [0.5, 0.6) is 5.75 Å². The molecule has 518 valence electrons. The molecular formula is C71H95FN12O12. The standard InChI is InChI=1S/C71H95FN12O12/c1-45-42-81(59-23-20-54(72)38-56(45)59)30-9-7-8-10-31-82(43-53-17-11-14-49(34-53)24-28-75-70(94)71(5)27-13-32-84(71)69(93)58(80-68(92)65(73)48(4)85)36-50-18-21-55(95-6)22-19-50)63(88)25-29-74-46(2)66(90)77-40-61(86)79-57-37-51-15-12-16-52(35-51)39-76-62(87)44-96-60-26-33-83(47(60)3)64(89)41-78-67(57)91/h11-12,14-23,34-35,38,42,46-48,57-58,60,65,74,85H,7-10,13,24-33,36-37,39-41,43-44,73H2,1-6H3,(H,75,94)(H,76,87)(H,77,90)(H,78,91)(H,79,86)(H,80,92)/t46-,47?,48+,57-,58-,60-,65-,71-/m0/s1. The number of nitrogens with two attached hydrogens (primary N) is 1. The number of carbonyl (C=O) groups is 9. The van der Waals surface area contributed by atoms with E-state index in [1.165, 1.54) is 17.9 Å². The lowest BCUT2D eigenvalue weighted by molar-refractivity contribution is -0.146. The summed E-state index contributed by atoms with van der Waals surface area (Å²) in [6.07, 6.45) is 5.94. The second-order valence-corrected chi connectivity index (χ2v) is 25.7. The van der Waals surface area contributed by atoms with E-state index < -0.39 is 71.9 Å². The second-order valence-electron chi connectivity index (χ2n) is 25.7. The number of aliphatic hydroxyl groups is 1. The van der Waals surface area contributed by atoms with Crippen molar-refractivity contribution in [3.05, 3.63) is 136 Å². The van der Waals surface area contributed by atoms with Crippen LogP contribution >= 0.6 is 0 Å². The lowest BCUT2D eigenvalue weighted by Crippen LogP contribution is -2.61. The lowest BCUT2D eigenvalue weighted by atomic mass is 9.95. The molecule has 3 aliphatic heterocycles. The van der Waals surface area contributed by atoms with E-state index in [2.05, 4.69) is 41.8 Å². The molecule has 4 aromatic carbocycles. The van der Waals surface area contributed by atoms with Crippen LogP contribution in [0.3, 0.4) is 0 Å². The Morgan fingerprint density at radius 3 is 2.39 bits per heavy atom. The number of aryl methyl sites for hydroxylation is 2. The average Bonchev–Trinajstić information content (AvgIpc) is 1.63. The first-order valence-electron chi connectivity index (χ1n) is 33.4. The molecule has 24 nitrogen and oxygen atoms in total. The second kappa shape index (κ2) is 34.8. The van der Waals surface area contributed by atoms with Crippen LogP contribution in [0, 0.1) is 12.7 Å². The predicted octanol–water partition coefficient (Wildman–Crippen LogP) is 3.13. The molecule has 8 rings (SSSR count). The van der Waals surface area contributed by atoms with Gasteiger partial charge in [0.2, 0.25) is 53.2 Å². The normalized spacial score (nSPS) is 19.7. The Morgan fingerprint density at radius 2 is 1.61 bits per heavy atom. The van der Waals surface area contributed by atoms with Gasteiger partial charge in [-0.1, -0.05) is 73.5 Å². The van der Waals surface area contributed by atoms with Gasteiger partial charge in [-0.3, -0.25) is 43.2 Å². The van der Waals surface area contributed by atoms with Gasteiger partial charge in [-0.25, -0.2) is 4.39 Å². The molecule has 0 spiro atoms. The first kappa shape index (κ1) is 73.0. The number of nitrogens with zero attached hydrogens (tertiary/aromatic N) is 4. The number of carbonyl (C=O) groups excluding carboxylic acids is 9. The highest BCUT2D eigenvalue weighted by Gasteiger charge is 2.47. The van der Waals surface area contributed by atoms with Gasteiger partial charge in [0.15, 0.2) is 0 Å². The van der Waals surface area contributed by atoms with Gasteiger partial charge < -0.3 is 76.8 Å². The number of aliphatic hydroxyl groups excluding tert-OH is 1. The van der Waals surface area contributed by atoms with Crippen molar-refractivity contribution in [2.24, 2.45) is 5.73 Å². The fourth-order valence-electron chi connectivity index (χ4n) is 12.7. The molecule has 1 aromatic heterocycles. The molecule has 25 heteroatoms. The minimum atomic E-state index is -1.28. The summed E-state index contributed by atoms with van der Waals surface area (Å²) in [5.74, 6) is -3.71. The third-order valence-corrected chi connectivity index (χ3v) is 18.5. The summed E-state index contributed by atoms with van der Waals surface area (Å²) in [6.45, 7) is 10.3. The first-order valence-corrected chi connectivity index (χ1v) is 33.4. The van der Waals surface area contributed by atoms with Crippen LogP contribution < -0.4 is 47.7 Å². The quantitative estimate of drug-likeness (QED) is 0.0325. The maximum atomic E-state index is 14.4. The number of methoxy groups -OCH3 is 1. The molecule has 2 saturated heterocycles. The van der Waals surface area contributed by atoms with Crippen molar-refractivity contribution >= 4 is 64.1 Å². The fraction of sp³-hybridized carbons (Fsp3) is 0.507. The fourth-order valence-corrected chi connectivity index (χ4v) is 12.7. The van der Waals surface area contributed by atoms with E-state index in [1.807, 2.05) is 56.4 Å². The Balaban J connectivity index is 0.856. The largest absolute Gasteiger partial charge is 0.497 e. The monoisotopic (exact) mass is 1330 g/mol. The van der Waals surface area contributed by atoms with Gasteiger partial charge in [-0.2, -0.15) is 0 Å². The molecule has 4 bridgehead atoms. The molecule has 3 aliphatic rings. The van der Waals surface area contributed by atoms with E-state index >= 15 is 0 Å². The van der Waals surface area contributed by atoms with E-state index in [4.69, 9.17) is 15.2 Å². The highest BCUT2D eigenvalue weighted by Crippen LogP contribution is 2.31. The number of halogens is 1. The Kier molecular flexibility index (Phi) is 26.4. The molecule has 0 aliphatic carbocycles. The number of benzene rings is 4. The molecule has 4 heterocycles. The number of hydrogen-bond donors (Lipinski definition) is 9. The van der Waals surface area contributed by atoms with E-state index in [0.29, 0.717) is 56.5 Å². The Bertz CT molecular complexity index is 3550. The first-order chi connectivity index (χ1) is 46.0. The maximum Gasteiger partial charge on any atom is 0.246 e. The third kappa shape index (κ3) is 20.1. The zero-order valence-corrected chi connectivity index (χ0v) is 56.0. The van der Waals surface area contributed by atoms with Crippen LogP contribution in [0.1, 0.15) is 112 Å². The summed E-state index contributed by atoms with van der Waals surface area (Å²) in [5.41, 5.74) is 10.7. The smallest absolute Gasteiger partial charge is 0.246 e. The van der Waals surface area contributed by atoms with E-state index in [-0.39, 0.29) is 107 Å². The number of fused-ring (bicyclic) bond motifs is 5. The summed E-state index contributed by atoms with van der Waals surface area (Å²) in [5, 5.41) is 30.8. The van der Waals surface area contributed by atoms with Gasteiger partial charge in [0.1, 0.15) is 41.8 Å². The number of ether oxygens (including phenoxy) is 2. The van der Waals surface area contributed by atoms with Crippen molar-refractivity contribution < 1.29 is 62.1 Å².